The molecule has 1 amide bonds. The van der Waals surface area contributed by atoms with E-state index < -0.39 is 10.0 Å². The van der Waals surface area contributed by atoms with Gasteiger partial charge in [0.15, 0.2) is 0 Å². The molecule has 0 heterocycles. The Morgan fingerprint density at radius 2 is 1.66 bits per heavy atom. The van der Waals surface area contributed by atoms with Crippen LogP contribution in [0.2, 0.25) is 5.02 Å². The number of hydrogen-bond donors (Lipinski definition) is 1. The number of nitrogens with zero attached hydrogens (tertiary/aromatic N) is 1. The largest absolute Gasteiger partial charge is 0.349 e. The number of sulfonamides is 1. The Bertz CT molecular complexity index is 897. The molecule has 1 atom stereocenters. The highest BCUT2D eigenvalue weighted by Gasteiger charge is 2.21. The molecule has 0 spiro atoms. The summed E-state index contributed by atoms with van der Waals surface area (Å²) in [5.41, 5.74) is 1.98. The molecule has 0 aliphatic heterocycles. The van der Waals surface area contributed by atoms with Gasteiger partial charge in [0.25, 0.3) is 0 Å². The third-order valence-corrected chi connectivity index (χ3v) is 7.84. The van der Waals surface area contributed by atoms with Gasteiger partial charge >= 0.3 is 0 Å². The first kappa shape index (κ1) is 23.7. The minimum atomic E-state index is -3.47. The van der Waals surface area contributed by atoms with Crippen LogP contribution in [0.1, 0.15) is 37.9 Å². The zero-order chi connectivity index (χ0) is 21.4. The van der Waals surface area contributed by atoms with Crippen LogP contribution in [-0.4, -0.2) is 37.5 Å². The van der Waals surface area contributed by atoms with E-state index in [4.69, 9.17) is 11.6 Å². The lowest BCUT2D eigenvalue weighted by Gasteiger charge is -2.19. The summed E-state index contributed by atoms with van der Waals surface area (Å²) in [7, 11) is -3.47. The molecule has 158 valence electrons. The predicted octanol–water partition coefficient (Wildman–Crippen LogP) is 4.48. The van der Waals surface area contributed by atoms with Gasteiger partial charge in [0, 0.05) is 23.9 Å². The van der Waals surface area contributed by atoms with Crippen molar-refractivity contribution in [1.82, 2.24) is 9.62 Å². The monoisotopic (exact) mass is 454 g/mol. The minimum Gasteiger partial charge on any atom is -0.349 e. The van der Waals surface area contributed by atoms with Crippen LogP contribution in [-0.2, 0) is 20.6 Å². The number of halogens is 1. The zero-order valence-corrected chi connectivity index (χ0v) is 19.3. The molecule has 1 unspecified atom stereocenters. The van der Waals surface area contributed by atoms with E-state index in [1.807, 2.05) is 45.0 Å². The molecular formula is C21H27ClN2O3S2. The molecule has 8 heteroatoms. The van der Waals surface area contributed by atoms with Gasteiger partial charge in [0.1, 0.15) is 0 Å². The summed E-state index contributed by atoms with van der Waals surface area (Å²) < 4.78 is 26.5. The fourth-order valence-electron chi connectivity index (χ4n) is 2.85. The van der Waals surface area contributed by atoms with Crippen LogP contribution >= 0.6 is 23.4 Å². The lowest BCUT2D eigenvalue weighted by molar-refractivity contribution is -0.119. The molecule has 1 N–H and O–H groups in total. The van der Waals surface area contributed by atoms with Crippen LogP contribution in [0, 0.1) is 0 Å². The standard InChI is InChI=1S/C21H27ClN2O3S2/c1-4-24(5-2)29(26,27)20-12-8-18(9-13-20)16(3)23-21(25)15-28-14-17-6-10-19(22)11-7-17/h6-13,16H,4-5,14-15H2,1-3H3,(H,23,25). The van der Waals surface area contributed by atoms with Crippen molar-refractivity contribution in [1.29, 1.82) is 0 Å². The Kier molecular flexibility index (Phi) is 9.02. The maximum Gasteiger partial charge on any atom is 0.243 e. The SMILES string of the molecule is CCN(CC)S(=O)(=O)c1ccc(C(C)NC(=O)CSCc2ccc(Cl)cc2)cc1. The second-order valence-electron chi connectivity index (χ2n) is 6.57. The first-order valence-corrected chi connectivity index (χ1v) is 12.5. The molecule has 5 nitrogen and oxygen atoms in total. The van der Waals surface area contributed by atoms with Gasteiger partial charge in [0.2, 0.25) is 15.9 Å². The van der Waals surface area contributed by atoms with Gasteiger partial charge < -0.3 is 5.32 Å². The molecular weight excluding hydrogens is 428 g/mol. The van der Waals surface area contributed by atoms with Gasteiger partial charge in [-0.25, -0.2) is 8.42 Å². The normalized spacial score (nSPS) is 12.7. The average molecular weight is 455 g/mol. The number of hydrogen-bond acceptors (Lipinski definition) is 4. The van der Waals surface area contributed by atoms with Crippen molar-refractivity contribution in [2.45, 2.75) is 37.5 Å². The topological polar surface area (TPSA) is 66.5 Å². The summed E-state index contributed by atoms with van der Waals surface area (Å²) in [5.74, 6) is 1.02. The number of amides is 1. The van der Waals surface area contributed by atoms with Crippen LogP contribution in [0.15, 0.2) is 53.4 Å². The van der Waals surface area contributed by atoms with Crippen LogP contribution in [0.4, 0.5) is 0 Å². The average Bonchev–Trinajstić information content (AvgIpc) is 2.70. The smallest absolute Gasteiger partial charge is 0.243 e. The molecule has 0 aliphatic carbocycles. The summed E-state index contributed by atoms with van der Waals surface area (Å²) in [6.45, 7) is 6.38. The molecule has 0 radical (unpaired) electrons. The first-order valence-electron chi connectivity index (χ1n) is 9.49. The summed E-state index contributed by atoms with van der Waals surface area (Å²) >= 11 is 7.40. The maximum atomic E-state index is 12.6. The van der Waals surface area contributed by atoms with Gasteiger partial charge in [-0.15, -0.1) is 11.8 Å². The molecule has 2 rings (SSSR count). The van der Waals surface area contributed by atoms with Crippen molar-refractivity contribution in [2.24, 2.45) is 0 Å². The maximum absolute atomic E-state index is 12.6. The van der Waals surface area contributed by atoms with E-state index in [9.17, 15) is 13.2 Å². The molecule has 2 aromatic carbocycles. The Balaban J connectivity index is 1.89. The summed E-state index contributed by atoms with van der Waals surface area (Å²) in [6, 6.07) is 14.1. The van der Waals surface area contributed by atoms with E-state index in [1.165, 1.54) is 16.1 Å². The molecule has 0 saturated heterocycles. The van der Waals surface area contributed by atoms with E-state index in [2.05, 4.69) is 5.32 Å². The highest BCUT2D eigenvalue weighted by Crippen LogP contribution is 2.20. The van der Waals surface area contributed by atoms with Crippen molar-refractivity contribution in [3.63, 3.8) is 0 Å². The van der Waals surface area contributed by atoms with Crippen molar-refractivity contribution in [3.8, 4) is 0 Å². The molecule has 2 aromatic rings. The Hall–Kier alpha value is -1.54. The Morgan fingerprint density at radius 3 is 2.21 bits per heavy atom. The van der Waals surface area contributed by atoms with Gasteiger partial charge in [-0.2, -0.15) is 4.31 Å². The molecule has 0 aromatic heterocycles. The van der Waals surface area contributed by atoms with Gasteiger partial charge in [0.05, 0.1) is 16.7 Å². The highest BCUT2D eigenvalue weighted by molar-refractivity contribution is 7.99. The fraction of sp³-hybridized carbons (Fsp3) is 0.381. The molecule has 0 aliphatic rings. The molecule has 0 fully saturated rings. The van der Waals surface area contributed by atoms with Gasteiger partial charge in [-0.3, -0.25) is 4.79 Å². The zero-order valence-electron chi connectivity index (χ0n) is 16.9. The van der Waals surface area contributed by atoms with E-state index in [0.29, 0.717) is 23.9 Å². The summed E-state index contributed by atoms with van der Waals surface area (Å²) in [6.07, 6.45) is 0. The first-order chi connectivity index (χ1) is 13.8. The van der Waals surface area contributed by atoms with Crippen molar-refractivity contribution < 1.29 is 13.2 Å². The lowest BCUT2D eigenvalue weighted by Crippen LogP contribution is -2.30. The van der Waals surface area contributed by atoms with Crippen molar-refractivity contribution in [2.75, 3.05) is 18.8 Å². The van der Waals surface area contributed by atoms with Gasteiger partial charge in [-0.1, -0.05) is 49.7 Å². The Labute approximate surface area is 182 Å². The van der Waals surface area contributed by atoms with Gasteiger partial charge in [-0.05, 0) is 42.3 Å². The predicted molar refractivity (Wildman–Crippen MR) is 121 cm³/mol. The van der Waals surface area contributed by atoms with Crippen LogP contribution in [0.5, 0.6) is 0 Å². The van der Waals surface area contributed by atoms with E-state index in [0.717, 1.165) is 16.9 Å². The van der Waals surface area contributed by atoms with E-state index in [-0.39, 0.29) is 16.8 Å². The number of nitrogens with one attached hydrogen (secondary N) is 1. The molecule has 0 saturated carbocycles. The van der Waals surface area contributed by atoms with Crippen LogP contribution in [0.25, 0.3) is 0 Å². The third-order valence-electron chi connectivity index (χ3n) is 4.52. The van der Waals surface area contributed by atoms with Crippen LogP contribution in [0.3, 0.4) is 0 Å². The summed E-state index contributed by atoms with van der Waals surface area (Å²) in [4.78, 5) is 12.5. The number of thioether (sulfide) groups is 1. The lowest BCUT2D eigenvalue weighted by atomic mass is 10.1. The number of rotatable bonds is 10. The van der Waals surface area contributed by atoms with Crippen molar-refractivity contribution >= 4 is 39.3 Å². The van der Waals surface area contributed by atoms with E-state index in [1.54, 1.807) is 24.3 Å². The minimum absolute atomic E-state index is 0.0590. The second-order valence-corrected chi connectivity index (χ2v) is 9.93. The quantitative estimate of drug-likeness (QED) is 0.574. The Morgan fingerprint density at radius 1 is 1.07 bits per heavy atom. The number of carbonyl (C=O) groups excluding carboxylic acids is 1. The summed E-state index contributed by atoms with van der Waals surface area (Å²) in [5, 5.41) is 3.65. The van der Waals surface area contributed by atoms with E-state index >= 15 is 0 Å². The second kappa shape index (κ2) is 11.0. The third kappa shape index (κ3) is 6.74. The highest BCUT2D eigenvalue weighted by atomic mass is 35.5. The number of carbonyl (C=O) groups is 1. The fourth-order valence-corrected chi connectivity index (χ4v) is 5.23. The van der Waals surface area contributed by atoms with Crippen molar-refractivity contribution in [3.05, 3.63) is 64.7 Å². The molecule has 29 heavy (non-hydrogen) atoms. The molecule has 0 bridgehead atoms. The van der Waals surface area contributed by atoms with Crippen LogP contribution < -0.4 is 5.32 Å². The number of benzene rings is 2.